The van der Waals surface area contributed by atoms with Crippen molar-refractivity contribution >= 4 is 12.4 Å². The van der Waals surface area contributed by atoms with Crippen molar-refractivity contribution in [1.29, 1.82) is 0 Å². The normalized spacial score (nSPS) is 33.4. The van der Waals surface area contributed by atoms with Gasteiger partial charge in [-0.05, 0) is 12.8 Å². The van der Waals surface area contributed by atoms with Crippen LogP contribution in [0, 0.1) is 5.41 Å². The van der Waals surface area contributed by atoms with Crippen LogP contribution in [0.2, 0.25) is 0 Å². The molecule has 0 bridgehead atoms. The van der Waals surface area contributed by atoms with Gasteiger partial charge in [0.1, 0.15) is 0 Å². The average Bonchev–Trinajstić information content (AvgIpc) is 2.01. The average molecular weight is 169 g/mol. The molecule has 12 heavy (non-hydrogen) atoms. The van der Waals surface area contributed by atoms with Crippen LogP contribution in [0.5, 0.6) is 0 Å². The minimum absolute atomic E-state index is 0.00884. The van der Waals surface area contributed by atoms with Gasteiger partial charge < -0.3 is 10.8 Å². The number of rotatable bonds is 3. The van der Waals surface area contributed by atoms with Gasteiger partial charge in [0.15, 0.2) is 0 Å². The Kier molecular flexibility index (Phi) is 3.04. The lowest BCUT2D eigenvalue weighted by molar-refractivity contribution is 0.0180. The van der Waals surface area contributed by atoms with Crippen LogP contribution >= 0.6 is 0 Å². The Morgan fingerprint density at radius 1 is 1.67 bits per heavy atom. The number of hydrogen-bond acceptors (Lipinski definition) is 2. The third-order valence-corrected chi connectivity index (χ3v) is 2.33. The fourth-order valence-corrected chi connectivity index (χ4v) is 1.52. The van der Waals surface area contributed by atoms with Gasteiger partial charge >= 0.3 is 0 Å². The molecule has 3 nitrogen and oxygen atoms in total. The predicted molar refractivity (Wildman–Crippen MR) is 51.3 cm³/mol. The van der Waals surface area contributed by atoms with Crippen molar-refractivity contribution in [3.63, 3.8) is 0 Å². The second-order valence-electron chi connectivity index (χ2n) is 3.50. The minimum Gasteiger partial charge on any atom is -0.393 e. The highest BCUT2D eigenvalue weighted by atomic mass is 16.3. The lowest BCUT2D eigenvalue weighted by Crippen LogP contribution is -2.47. The van der Waals surface area contributed by atoms with Crippen molar-refractivity contribution in [3.8, 4) is 0 Å². The number of aliphatic hydroxyl groups is 1. The summed E-state index contributed by atoms with van der Waals surface area (Å²) in [6.45, 7) is 2.63. The summed E-state index contributed by atoms with van der Waals surface area (Å²) in [5.41, 5.74) is 5.59. The maximum Gasteiger partial charge on any atom is 0.276 e. The van der Waals surface area contributed by atoms with E-state index in [1.165, 1.54) is 0 Å². The molecule has 3 N–H and O–H groups in total. The highest BCUT2D eigenvalue weighted by Gasteiger charge is 2.45. The molecule has 0 spiro atoms. The fourth-order valence-electron chi connectivity index (χ4n) is 1.52. The van der Waals surface area contributed by atoms with Crippen molar-refractivity contribution in [2.75, 3.05) is 6.54 Å². The molecule has 0 unspecified atom stereocenters. The lowest BCUT2D eigenvalue weighted by atomic mass is 9.68. The van der Waals surface area contributed by atoms with E-state index < -0.39 is 0 Å². The molecule has 0 atom stereocenters. The molecule has 1 saturated carbocycles. The maximum absolute atomic E-state index is 9.14. The van der Waals surface area contributed by atoms with Crippen LogP contribution in [0.3, 0.4) is 0 Å². The molecule has 0 aromatic heterocycles. The van der Waals surface area contributed by atoms with E-state index in [1.807, 2.05) is 19.4 Å². The molecule has 1 fully saturated rings. The molecule has 1 aliphatic rings. The van der Waals surface area contributed by atoms with Crippen LogP contribution in [0.1, 0.15) is 26.2 Å². The Morgan fingerprint density at radius 2 is 2.33 bits per heavy atom. The molecule has 0 heterocycles. The van der Waals surface area contributed by atoms with Crippen molar-refractivity contribution in [3.05, 3.63) is 0 Å². The summed E-state index contributed by atoms with van der Waals surface area (Å²) in [7, 11) is 0. The molecule has 0 radical (unpaired) electrons. The summed E-state index contributed by atoms with van der Waals surface area (Å²) in [4.78, 5) is 0. The van der Waals surface area contributed by atoms with Gasteiger partial charge in [0.25, 0.3) is 12.4 Å². The van der Waals surface area contributed by atoms with Gasteiger partial charge in [-0.15, -0.1) is 4.67 Å². The van der Waals surface area contributed by atoms with Gasteiger partial charge in [0, 0.05) is 13.0 Å². The molecule has 0 aromatic rings. The van der Waals surface area contributed by atoms with E-state index in [-0.39, 0.29) is 11.5 Å². The Labute approximate surface area is 73.0 Å². The second-order valence-corrected chi connectivity index (χ2v) is 3.50. The second kappa shape index (κ2) is 3.85. The third-order valence-electron chi connectivity index (χ3n) is 2.33. The molecule has 0 aliphatic heterocycles. The van der Waals surface area contributed by atoms with Crippen molar-refractivity contribution in [2.45, 2.75) is 32.3 Å². The number of nitrogens with two attached hydrogens (primary N) is 1. The van der Waals surface area contributed by atoms with Crippen molar-refractivity contribution in [1.82, 2.24) is 4.67 Å². The van der Waals surface area contributed by atoms with Crippen LogP contribution in [0.15, 0.2) is 0 Å². The first-order chi connectivity index (χ1) is 5.72. The number of aliphatic hydroxyl groups excluding tert-OH is 1. The molecule has 68 valence electrons. The Bertz CT molecular complexity index is 201. The van der Waals surface area contributed by atoms with Gasteiger partial charge in [-0.3, -0.25) is 0 Å². The van der Waals surface area contributed by atoms with E-state index >= 15 is 0 Å². The Hall–Kier alpha value is -0.630. The van der Waals surface area contributed by atoms with E-state index in [9.17, 15) is 0 Å². The van der Waals surface area contributed by atoms with E-state index in [4.69, 9.17) is 10.8 Å². The molecule has 1 rings (SSSR count). The zero-order chi connectivity index (χ0) is 9.03. The first-order valence-corrected chi connectivity index (χ1v) is 4.46. The van der Waals surface area contributed by atoms with E-state index in [1.54, 1.807) is 0 Å². The predicted octanol–water partition coefficient (Wildman–Crippen LogP) is -0.295. The largest absolute Gasteiger partial charge is 0.393 e. The smallest absolute Gasteiger partial charge is 0.276 e. The molecular formula is C9H17N2O+. The molecule has 1 aliphatic carbocycles. The standard InChI is InChI=1S/C9H17N2O/c1-2-3-11-7-9(6-10)4-8(12)5-9/h3,7-8,12H,2,4-6,10H2,1H3/q+1. The van der Waals surface area contributed by atoms with Crippen LogP contribution in [-0.4, -0.2) is 30.2 Å². The Morgan fingerprint density at radius 3 is 2.75 bits per heavy atom. The summed E-state index contributed by atoms with van der Waals surface area (Å²) in [6.07, 6.45) is 6.07. The molecule has 0 saturated heterocycles. The van der Waals surface area contributed by atoms with Crippen LogP contribution in [-0.2, 0) is 0 Å². The molecule has 0 aromatic carbocycles. The first kappa shape index (κ1) is 9.46. The van der Waals surface area contributed by atoms with Crippen molar-refractivity contribution < 1.29 is 5.11 Å². The van der Waals surface area contributed by atoms with Gasteiger partial charge in [0.05, 0.1) is 11.5 Å². The molecule has 3 heteroatoms. The van der Waals surface area contributed by atoms with Crippen LogP contribution in [0.25, 0.3) is 0 Å². The van der Waals surface area contributed by atoms with Crippen LogP contribution in [0.4, 0.5) is 0 Å². The summed E-state index contributed by atoms with van der Waals surface area (Å²) >= 11 is 0. The lowest BCUT2D eigenvalue weighted by Gasteiger charge is -2.37. The first-order valence-electron chi connectivity index (χ1n) is 4.46. The fraction of sp³-hybridized carbons (Fsp3) is 0.778. The SMILES string of the molecule is CCC=[N+]=CC1(CN)CC(O)C1. The molecule has 0 amide bonds. The van der Waals surface area contributed by atoms with E-state index in [0.29, 0.717) is 6.54 Å². The number of hydrogen-bond donors (Lipinski definition) is 2. The topological polar surface area (TPSA) is 60.4 Å². The van der Waals surface area contributed by atoms with E-state index in [0.717, 1.165) is 19.3 Å². The minimum atomic E-state index is -0.165. The monoisotopic (exact) mass is 169 g/mol. The van der Waals surface area contributed by atoms with Gasteiger partial charge in [-0.2, -0.15) is 0 Å². The number of nitrogens with zero attached hydrogens (tertiary/aromatic N) is 1. The van der Waals surface area contributed by atoms with Gasteiger partial charge in [-0.1, -0.05) is 6.92 Å². The summed E-state index contributed by atoms with van der Waals surface area (Å²) in [5, 5.41) is 9.14. The zero-order valence-electron chi connectivity index (χ0n) is 7.53. The Balaban J connectivity index is 2.53. The van der Waals surface area contributed by atoms with Crippen LogP contribution < -0.4 is 10.4 Å². The highest BCUT2D eigenvalue weighted by Crippen LogP contribution is 2.37. The quantitative estimate of drug-likeness (QED) is 0.450. The maximum atomic E-state index is 9.14. The van der Waals surface area contributed by atoms with Gasteiger partial charge in [0.2, 0.25) is 0 Å². The summed E-state index contributed by atoms with van der Waals surface area (Å²) < 4.78 is 4.15. The molecular weight excluding hydrogens is 152 g/mol. The highest BCUT2D eigenvalue weighted by molar-refractivity contribution is 5.72. The third kappa shape index (κ3) is 1.95. The van der Waals surface area contributed by atoms with Crippen molar-refractivity contribution in [2.24, 2.45) is 11.1 Å². The van der Waals surface area contributed by atoms with E-state index in [2.05, 4.69) is 4.67 Å². The zero-order valence-corrected chi connectivity index (χ0v) is 7.53. The van der Waals surface area contributed by atoms with Gasteiger partial charge in [-0.25, -0.2) is 0 Å². The summed E-state index contributed by atoms with van der Waals surface area (Å²) in [6, 6.07) is 0. The summed E-state index contributed by atoms with van der Waals surface area (Å²) in [5.74, 6) is 0.